The molecule has 22 heavy (non-hydrogen) atoms. The van der Waals surface area contributed by atoms with E-state index in [1.807, 2.05) is 0 Å². The molecule has 0 unspecified atom stereocenters. The van der Waals surface area contributed by atoms with Gasteiger partial charge in [-0.1, -0.05) is 24.3 Å². The van der Waals surface area contributed by atoms with Gasteiger partial charge < -0.3 is 9.47 Å². The Hall–Kier alpha value is -2.82. The van der Waals surface area contributed by atoms with Crippen molar-refractivity contribution in [2.45, 2.75) is 0 Å². The SMILES string of the molecule is [2H]C([2H])([2H])Oc1ccccc1OCCN1C(=O)c2ccccc2C1=O. The zero-order chi connectivity index (χ0) is 18.0. The predicted molar refractivity (Wildman–Crippen MR) is 80.3 cm³/mol. The van der Waals surface area contributed by atoms with E-state index < -0.39 is 7.04 Å². The number of ether oxygens (including phenoxy) is 2. The van der Waals surface area contributed by atoms with Gasteiger partial charge in [-0.15, -0.1) is 0 Å². The van der Waals surface area contributed by atoms with Crippen molar-refractivity contribution in [2.75, 3.05) is 20.2 Å². The van der Waals surface area contributed by atoms with Crippen molar-refractivity contribution in [1.82, 2.24) is 4.90 Å². The number of amides is 2. The number of nitrogens with zero attached hydrogens (tertiary/aromatic N) is 1. The minimum Gasteiger partial charge on any atom is -0.493 e. The Kier molecular flexibility index (Phi) is 2.90. The minimum absolute atomic E-state index is 0.0207. The van der Waals surface area contributed by atoms with E-state index in [4.69, 9.17) is 13.6 Å². The van der Waals surface area contributed by atoms with Crippen LogP contribution in [0.2, 0.25) is 0 Å². The number of carbonyl (C=O) groups excluding carboxylic acids is 2. The molecule has 5 heteroatoms. The summed E-state index contributed by atoms with van der Waals surface area (Å²) in [5, 5.41) is 0. The van der Waals surface area contributed by atoms with Gasteiger partial charge >= 0.3 is 0 Å². The van der Waals surface area contributed by atoms with Crippen molar-refractivity contribution in [3.05, 3.63) is 59.7 Å². The van der Waals surface area contributed by atoms with Gasteiger partial charge in [-0.25, -0.2) is 0 Å². The molecule has 0 N–H and O–H groups in total. The molecule has 0 atom stereocenters. The van der Waals surface area contributed by atoms with Gasteiger partial charge in [0, 0.05) is 0 Å². The number of hydrogen-bond acceptors (Lipinski definition) is 4. The number of fused-ring (bicyclic) bond motifs is 1. The van der Waals surface area contributed by atoms with Gasteiger partial charge in [0.25, 0.3) is 11.8 Å². The Labute approximate surface area is 132 Å². The lowest BCUT2D eigenvalue weighted by molar-refractivity contribution is 0.0631. The number of rotatable bonds is 5. The summed E-state index contributed by atoms with van der Waals surface area (Å²) in [6.45, 7) is 0.0707. The van der Waals surface area contributed by atoms with Gasteiger partial charge in [0.15, 0.2) is 11.5 Å². The first-order chi connectivity index (χ1) is 11.9. The highest BCUT2D eigenvalue weighted by Crippen LogP contribution is 2.26. The quantitative estimate of drug-likeness (QED) is 0.796. The fraction of sp³-hybridized carbons (Fsp3) is 0.176. The van der Waals surface area contributed by atoms with E-state index in [0.29, 0.717) is 11.1 Å². The van der Waals surface area contributed by atoms with E-state index >= 15 is 0 Å². The highest BCUT2D eigenvalue weighted by atomic mass is 16.5. The molecule has 0 saturated carbocycles. The van der Waals surface area contributed by atoms with Gasteiger partial charge in [0.05, 0.1) is 28.8 Å². The van der Waals surface area contributed by atoms with Crippen molar-refractivity contribution < 1.29 is 23.2 Å². The first kappa shape index (κ1) is 10.8. The molecule has 1 aliphatic rings. The fourth-order valence-corrected chi connectivity index (χ4v) is 2.34. The second-order valence-corrected chi connectivity index (χ2v) is 4.70. The van der Waals surface area contributed by atoms with E-state index in [1.165, 1.54) is 6.07 Å². The maximum absolute atomic E-state index is 12.3. The first-order valence-corrected chi connectivity index (χ1v) is 6.73. The van der Waals surface area contributed by atoms with E-state index in [9.17, 15) is 9.59 Å². The zero-order valence-electron chi connectivity index (χ0n) is 14.6. The summed E-state index contributed by atoms with van der Waals surface area (Å²) in [6.07, 6.45) is 0. The summed E-state index contributed by atoms with van der Waals surface area (Å²) in [7, 11) is -2.60. The predicted octanol–water partition coefficient (Wildman–Crippen LogP) is 2.37. The normalized spacial score (nSPS) is 15.8. The first-order valence-electron chi connectivity index (χ1n) is 8.23. The molecule has 0 radical (unpaired) electrons. The molecular weight excluding hydrogens is 282 g/mol. The van der Waals surface area contributed by atoms with E-state index in [1.54, 1.807) is 42.5 Å². The van der Waals surface area contributed by atoms with E-state index in [-0.39, 0.29) is 36.5 Å². The van der Waals surface area contributed by atoms with Crippen LogP contribution in [0, 0.1) is 0 Å². The molecule has 2 aromatic carbocycles. The summed E-state index contributed by atoms with van der Waals surface area (Å²) < 4.78 is 31.9. The molecule has 1 aliphatic heterocycles. The molecule has 2 amide bonds. The number of imide groups is 1. The van der Waals surface area contributed by atoms with E-state index in [2.05, 4.69) is 0 Å². The van der Waals surface area contributed by atoms with Crippen LogP contribution in [0.1, 0.15) is 24.8 Å². The third-order valence-corrected chi connectivity index (χ3v) is 3.41. The van der Waals surface area contributed by atoms with Crippen LogP contribution in [0.15, 0.2) is 48.5 Å². The van der Waals surface area contributed by atoms with Crippen LogP contribution in [0.3, 0.4) is 0 Å². The number of benzene rings is 2. The summed E-state index contributed by atoms with van der Waals surface area (Å²) in [6, 6.07) is 12.9. The van der Waals surface area contributed by atoms with Crippen LogP contribution in [0.25, 0.3) is 0 Å². The average molecular weight is 300 g/mol. The van der Waals surface area contributed by atoms with Gasteiger partial charge in [-0.3, -0.25) is 14.5 Å². The van der Waals surface area contributed by atoms with Crippen LogP contribution in [-0.2, 0) is 0 Å². The summed E-state index contributed by atoms with van der Waals surface area (Å²) in [5.74, 6) is -0.424. The molecular formula is C17H15NO4. The van der Waals surface area contributed by atoms with Gasteiger partial charge in [-0.05, 0) is 24.3 Å². The lowest BCUT2D eigenvalue weighted by Crippen LogP contribution is -2.33. The average Bonchev–Trinajstić information content (AvgIpc) is 2.80. The fourth-order valence-electron chi connectivity index (χ4n) is 2.34. The number of hydrogen-bond donors (Lipinski definition) is 0. The highest BCUT2D eigenvalue weighted by Gasteiger charge is 2.34. The van der Waals surface area contributed by atoms with Crippen molar-refractivity contribution in [1.29, 1.82) is 0 Å². The maximum Gasteiger partial charge on any atom is 0.261 e. The van der Waals surface area contributed by atoms with E-state index in [0.717, 1.165) is 4.90 Å². The number of methoxy groups -OCH3 is 1. The number of carbonyl (C=O) groups is 2. The van der Waals surface area contributed by atoms with Crippen molar-refractivity contribution in [3.8, 4) is 11.5 Å². The number of para-hydroxylation sites is 2. The Bertz CT molecular complexity index is 785. The van der Waals surface area contributed by atoms with Crippen molar-refractivity contribution in [2.24, 2.45) is 0 Å². The molecule has 112 valence electrons. The standard InChI is InChI=1S/C17H15NO4/c1-21-14-8-4-5-9-15(14)22-11-10-18-16(19)12-6-2-3-7-13(12)17(18)20/h2-9H,10-11H2,1H3/i1D3. The lowest BCUT2D eigenvalue weighted by atomic mass is 10.1. The topological polar surface area (TPSA) is 55.8 Å². The third-order valence-electron chi connectivity index (χ3n) is 3.41. The monoisotopic (exact) mass is 300 g/mol. The summed E-state index contributed by atoms with van der Waals surface area (Å²) >= 11 is 0. The molecule has 0 bridgehead atoms. The second kappa shape index (κ2) is 5.89. The molecule has 0 aliphatic carbocycles. The Balaban J connectivity index is 1.65. The largest absolute Gasteiger partial charge is 0.493 e. The molecule has 5 nitrogen and oxygen atoms in total. The van der Waals surface area contributed by atoms with Crippen LogP contribution >= 0.6 is 0 Å². The highest BCUT2D eigenvalue weighted by molar-refractivity contribution is 6.21. The molecule has 3 rings (SSSR count). The molecule has 1 heterocycles. The molecule has 0 spiro atoms. The molecule has 0 saturated heterocycles. The zero-order valence-corrected chi connectivity index (χ0v) is 11.6. The molecule has 0 fully saturated rings. The summed E-state index contributed by atoms with van der Waals surface area (Å²) in [5.41, 5.74) is 0.747. The maximum atomic E-state index is 12.3. The van der Waals surface area contributed by atoms with Crippen molar-refractivity contribution in [3.63, 3.8) is 0 Å². The van der Waals surface area contributed by atoms with Gasteiger partial charge in [-0.2, -0.15) is 0 Å². The van der Waals surface area contributed by atoms with Crippen LogP contribution < -0.4 is 9.47 Å². The third kappa shape index (κ3) is 2.41. The molecule has 2 aromatic rings. The smallest absolute Gasteiger partial charge is 0.261 e. The van der Waals surface area contributed by atoms with Crippen LogP contribution in [0.5, 0.6) is 11.5 Å². The van der Waals surface area contributed by atoms with Crippen LogP contribution in [-0.4, -0.2) is 36.9 Å². The van der Waals surface area contributed by atoms with Crippen LogP contribution in [0.4, 0.5) is 0 Å². The Morgan fingerprint density at radius 3 is 2.18 bits per heavy atom. The summed E-state index contributed by atoms with van der Waals surface area (Å²) in [4.78, 5) is 25.6. The Morgan fingerprint density at radius 2 is 1.55 bits per heavy atom. The Morgan fingerprint density at radius 1 is 0.955 bits per heavy atom. The van der Waals surface area contributed by atoms with Gasteiger partial charge in [0.1, 0.15) is 6.61 Å². The molecule has 0 aromatic heterocycles. The second-order valence-electron chi connectivity index (χ2n) is 4.70. The minimum atomic E-state index is -2.60. The van der Waals surface area contributed by atoms with Crippen molar-refractivity contribution >= 4 is 11.8 Å². The lowest BCUT2D eigenvalue weighted by Gasteiger charge is -2.15. The van der Waals surface area contributed by atoms with Gasteiger partial charge in [0.2, 0.25) is 0 Å².